The number of hydrogen-bond donors (Lipinski definition) is 1. The summed E-state index contributed by atoms with van der Waals surface area (Å²) in [6.45, 7) is 4.60. The quantitative estimate of drug-likeness (QED) is 0.0225. The molecule has 0 amide bonds. The molecule has 0 aromatic heterocycles. The second-order valence-corrected chi connectivity index (χ2v) is 14.2. The van der Waals surface area contributed by atoms with Crippen LogP contribution in [0.4, 0.5) is 0 Å². The van der Waals surface area contributed by atoms with Crippen LogP contribution in [0, 0.1) is 0 Å². The van der Waals surface area contributed by atoms with E-state index in [1.807, 2.05) is 27.2 Å². The standard InChI is InChI=1S/C44H73NO8/c1-6-8-10-12-14-16-18-19-20-21-22-23-25-27-29-31-33-35-42(47)53-40(39-52-44(43(48)49)50-37-36-45(3,4)5)38-51-41(46)34-32-30-28-26-24-17-15-13-11-9-7-2/h8,10,13-16,19-20,22-23,27,29,40,44H,6-7,9,11-12,17-18,21,24-26,28,30-39H2,1-5H3/p+1/b10-8-,15-13-,16-14-,20-19-,23-22-,29-27-. The number of carboxylic acid groups (broad SMARTS) is 1. The molecule has 302 valence electrons. The molecular formula is C44H74NO8+. The summed E-state index contributed by atoms with van der Waals surface area (Å²) < 4.78 is 22.5. The topological polar surface area (TPSA) is 108 Å². The Hall–Kier alpha value is -3.27. The number of rotatable bonds is 35. The van der Waals surface area contributed by atoms with Gasteiger partial charge < -0.3 is 28.5 Å². The molecule has 0 saturated carbocycles. The van der Waals surface area contributed by atoms with Gasteiger partial charge in [-0.25, -0.2) is 4.79 Å². The minimum absolute atomic E-state index is 0.172. The first-order chi connectivity index (χ1) is 25.6. The average Bonchev–Trinajstić information content (AvgIpc) is 3.11. The van der Waals surface area contributed by atoms with E-state index in [4.69, 9.17) is 18.9 Å². The highest BCUT2D eigenvalue weighted by atomic mass is 16.7. The van der Waals surface area contributed by atoms with E-state index in [9.17, 15) is 19.5 Å². The summed E-state index contributed by atoms with van der Waals surface area (Å²) in [5.74, 6) is -2.12. The van der Waals surface area contributed by atoms with E-state index in [1.165, 1.54) is 12.8 Å². The van der Waals surface area contributed by atoms with E-state index in [0.29, 0.717) is 17.4 Å². The third-order valence-electron chi connectivity index (χ3n) is 7.95. The monoisotopic (exact) mass is 745 g/mol. The summed E-state index contributed by atoms with van der Waals surface area (Å²) in [5.41, 5.74) is 0. The number of unbranched alkanes of at least 4 members (excludes halogenated alkanes) is 8. The summed E-state index contributed by atoms with van der Waals surface area (Å²) >= 11 is 0. The Kier molecular flexibility index (Phi) is 33.5. The molecule has 53 heavy (non-hydrogen) atoms. The van der Waals surface area contributed by atoms with E-state index >= 15 is 0 Å². The fourth-order valence-corrected chi connectivity index (χ4v) is 4.79. The molecule has 0 spiro atoms. The van der Waals surface area contributed by atoms with Gasteiger partial charge in [-0.15, -0.1) is 0 Å². The lowest BCUT2D eigenvalue weighted by Crippen LogP contribution is -2.40. The minimum Gasteiger partial charge on any atom is -0.477 e. The first-order valence-corrected chi connectivity index (χ1v) is 20.1. The van der Waals surface area contributed by atoms with Crippen LogP contribution in [0.15, 0.2) is 72.9 Å². The molecule has 9 heteroatoms. The Bertz CT molecular complexity index is 1100. The Morgan fingerprint density at radius 1 is 0.585 bits per heavy atom. The molecule has 2 unspecified atom stereocenters. The van der Waals surface area contributed by atoms with Crippen LogP contribution in [0.5, 0.6) is 0 Å². The van der Waals surface area contributed by atoms with Gasteiger partial charge >= 0.3 is 17.9 Å². The highest BCUT2D eigenvalue weighted by molar-refractivity contribution is 5.71. The molecule has 1 N–H and O–H groups in total. The molecule has 0 rings (SSSR count). The van der Waals surface area contributed by atoms with Crippen molar-refractivity contribution in [3.63, 3.8) is 0 Å². The van der Waals surface area contributed by atoms with Crippen LogP contribution in [-0.4, -0.2) is 87.4 Å². The van der Waals surface area contributed by atoms with Gasteiger partial charge in [0, 0.05) is 12.8 Å². The summed E-state index contributed by atoms with van der Waals surface area (Å²) in [7, 11) is 5.92. The van der Waals surface area contributed by atoms with Crippen molar-refractivity contribution >= 4 is 17.9 Å². The first kappa shape index (κ1) is 49.7. The zero-order valence-corrected chi connectivity index (χ0v) is 33.9. The van der Waals surface area contributed by atoms with Crippen LogP contribution in [0.25, 0.3) is 0 Å². The van der Waals surface area contributed by atoms with Crippen LogP contribution in [0.3, 0.4) is 0 Å². The van der Waals surface area contributed by atoms with Crippen LogP contribution < -0.4 is 0 Å². The maximum absolute atomic E-state index is 12.7. The van der Waals surface area contributed by atoms with Crippen molar-refractivity contribution in [3.05, 3.63) is 72.9 Å². The van der Waals surface area contributed by atoms with Gasteiger partial charge in [-0.1, -0.05) is 119 Å². The molecule has 0 aliphatic rings. The second kappa shape index (κ2) is 35.7. The molecule has 0 saturated heterocycles. The van der Waals surface area contributed by atoms with Gasteiger partial charge in [-0.05, 0) is 70.6 Å². The number of quaternary nitrogens is 1. The maximum Gasteiger partial charge on any atom is 0.361 e. The van der Waals surface area contributed by atoms with Crippen LogP contribution in [0.2, 0.25) is 0 Å². The van der Waals surface area contributed by atoms with Crippen molar-refractivity contribution < 1.29 is 42.9 Å². The SMILES string of the molecule is CC/C=C\C/C=C\C/C=C\C/C=C\C/C=C\CCCC(=O)OC(COC(=O)CCCCCCC/C=C\CCCC)COC(OCC[N+](C)(C)C)C(=O)O. The molecular weight excluding hydrogens is 670 g/mol. The Balaban J connectivity index is 4.64. The van der Waals surface area contributed by atoms with E-state index in [1.54, 1.807) is 0 Å². The van der Waals surface area contributed by atoms with Crippen molar-refractivity contribution in [1.29, 1.82) is 0 Å². The lowest BCUT2D eigenvalue weighted by molar-refractivity contribution is -0.870. The largest absolute Gasteiger partial charge is 0.477 e. The van der Waals surface area contributed by atoms with E-state index in [2.05, 4.69) is 80.7 Å². The lowest BCUT2D eigenvalue weighted by atomic mass is 10.1. The van der Waals surface area contributed by atoms with Gasteiger partial charge in [0.25, 0.3) is 6.29 Å². The smallest absolute Gasteiger partial charge is 0.361 e. The number of carbonyl (C=O) groups excluding carboxylic acids is 2. The second-order valence-electron chi connectivity index (χ2n) is 14.2. The van der Waals surface area contributed by atoms with Gasteiger partial charge in [0.05, 0.1) is 34.4 Å². The minimum atomic E-state index is -1.53. The average molecular weight is 745 g/mol. The maximum atomic E-state index is 12.7. The van der Waals surface area contributed by atoms with Gasteiger partial charge in [0.15, 0.2) is 6.10 Å². The molecule has 9 nitrogen and oxygen atoms in total. The fourth-order valence-electron chi connectivity index (χ4n) is 4.79. The van der Waals surface area contributed by atoms with Gasteiger partial charge in [0.1, 0.15) is 13.2 Å². The number of ether oxygens (including phenoxy) is 4. The van der Waals surface area contributed by atoms with Gasteiger partial charge in [-0.2, -0.15) is 0 Å². The Morgan fingerprint density at radius 2 is 1.09 bits per heavy atom. The van der Waals surface area contributed by atoms with E-state index < -0.39 is 24.3 Å². The third kappa shape index (κ3) is 36.9. The molecule has 0 bridgehead atoms. The molecule has 0 heterocycles. The number of esters is 2. The van der Waals surface area contributed by atoms with Crippen LogP contribution in [-0.2, 0) is 33.3 Å². The highest BCUT2D eigenvalue weighted by Crippen LogP contribution is 2.11. The number of likely N-dealkylation sites (N-methyl/N-ethyl adjacent to an activating group) is 1. The van der Waals surface area contributed by atoms with Crippen molar-refractivity contribution in [2.24, 2.45) is 0 Å². The van der Waals surface area contributed by atoms with Crippen molar-refractivity contribution in [2.45, 2.75) is 142 Å². The number of nitrogens with zero attached hydrogens (tertiary/aromatic N) is 1. The van der Waals surface area contributed by atoms with Crippen molar-refractivity contribution in [2.75, 3.05) is 47.5 Å². The number of aliphatic carboxylic acids is 1. The number of hydrogen-bond acceptors (Lipinski definition) is 7. The van der Waals surface area contributed by atoms with Crippen molar-refractivity contribution in [3.8, 4) is 0 Å². The van der Waals surface area contributed by atoms with Crippen LogP contribution >= 0.6 is 0 Å². The number of allylic oxidation sites excluding steroid dienone is 12. The molecule has 0 radical (unpaired) electrons. The Labute approximate surface area is 322 Å². The van der Waals surface area contributed by atoms with Crippen molar-refractivity contribution in [1.82, 2.24) is 0 Å². The molecule has 0 aromatic carbocycles. The summed E-state index contributed by atoms with van der Waals surface area (Å²) in [6.07, 6.45) is 39.7. The van der Waals surface area contributed by atoms with E-state index in [-0.39, 0.29) is 38.6 Å². The zero-order chi connectivity index (χ0) is 39.3. The summed E-state index contributed by atoms with van der Waals surface area (Å²) in [6, 6.07) is 0. The number of carbonyl (C=O) groups is 3. The lowest BCUT2D eigenvalue weighted by Gasteiger charge is -2.25. The summed E-state index contributed by atoms with van der Waals surface area (Å²) in [4.78, 5) is 36.9. The molecule has 2 atom stereocenters. The predicted molar refractivity (Wildman–Crippen MR) is 216 cm³/mol. The zero-order valence-electron chi connectivity index (χ0n) is 33.9. The first-order valence-electron chi connectivity index (χ1n) is 20.1. The predicted octanol–water partition coefficient (Wildman–Crippen LogP) is 9.99. The highest BCUT2D eigenvalue weighted by Gasteiger charge is 2.25. The van der Waals surface area contributed by atoms with E-state index in [0.717, 1.165) is 83.5 Å². The number of carboxylic acids is 1. The molecule has 0 fully saturated rings. The third-order valence-corrected chi connectivity index (χ3v) is 7.95. The fraction of sp³-hybridized carbons (Fsp3) is 0.659. The summed E-state index contributed by atoms with van der Waals surface area (Å²) in [5, 5.41) is 9.59. The molecule has 0 aromatic rings. The van der Waals surface area contributed by atoms with Gasteiger partial charge in [-0.3, -0.25) is 9.59 Å². The molecule has 0 aliphatic carbocycles. The van der Waals surface area contributed by atoms with Crippen LogP contribution in [0.1, 0.15) is 129 Å². The normalized spacial score (nSPS) is 13.8. The molecule has 0 aliphatic heterocycles. The Morgan fingerprint density at radius 3 is 1.68 bits per heavy atom. The van der Waals surface area contributed by atoms with Gasteiger partial charge in [0.2, 0.25) is 0 Å².